The van der Waals surface area contributed by atoms with Crippen molar-refractivity contribution in [1.29, 1.82) is 0 Å². The molecule has 1 amide bonds. The van der Waals surface area contributed by atoms with Crippen LogP contribution in [0.4, 0.5) is 0 Å². The van der Waals surface area contributed by atoms with Crippen LogP contribution in [-0.2, 0) is 0 Å². The predicted octanol–water partition coefficient (Wildman–Crippen LogP) is 3.95. The van der Waals surface area contributed by atoms with Crippen molar-refractivity contribution in [1.82, 2.24) is 9.88 Å². The van der Waals surface area contributed by atoms with Gasteiger partial charge in [0.1, 0.15) is 5.69 Å². The molecule has 2 aliphatic rings. The lowest BCUT2D eigenvalue weighted by Gasteiger charge is -2.34. The standard InChI is InChI=1S/C20H25N3OS/c1-13-5-4-6-15(11-13)18-17(22-19(25-18)14-8-9-14)20(24)23-10-3-2-7-16(23)12-21/h4-6,11,14,16H,2-3,7-10,12,21H2,1H3. The summed E-state index contributed by atoms with van der Waals surface area (Å²) < 4.78 is 0. The molecule has 4 rings (SSSR count). The Morgan fingerprint density at radius 2 is 2.16 bits per heavy atom. The van der Waals surface area contributed by atoms with E-state index in [1.807, 2.05) is 4.90 Å². The van der Waals surface area contributed by atoms with Crippen LogP contribution < -0.4 is 5.73 Å². The number of piperidine rings is 1. The molecule has 5 heteroatoms. The number of carbonyl (C=O) groups is 1. The molecule has 2 heterocycles. The maximum Gasteiger partial charge on any atom is 0.274 e. The molecule has 0 radical (unpaired) electrons. The first-order chi connectivity index (χ1) is 12.2. The van der Waals surface area contributed by atoms with Gasteiger partial charge in [-0.15, -0.1) is 11.3 Å². The molecule has 2 fully saturated rings. The number of rotatable bonds is 4. The smallest absolute Gasteiger partial charge is 0.274 e. The van der Waals surface area contributed by atoms with Gasteiger partial charge in [0.25, 0.3) is 5.91 Å². The van der Waals surface area contributed by atoms with Gasteiger partial charge in [-0.2, -0.15) is 0 Å². The first-order valence-corrected chi connectivity index (χ1v) is 10.1. The minimum atomic E-state index is 0.0646. The second-order valence-electron chi connectivity index (χ2n) is 7.26. The summed E-state index contributed by atoms with van der Waals surface area (Å²) in [5, 5.41) is 1.13. The zero-order chi connectivity index (χ0) is 17.4. The summed E-state index contributed by atoms with van der Waals surface area (Å²) in [4.78, 5) is 21.1. The molecular formula is C20H25N3OS. The van der Waals surface area contributed by atoms with Gasteiger partial charge in [-0.25, -0.2) is 4.98 Å². The first-order valence-electron chi connectivity index (χ1n) is 9.26. The van der Waals surface area contributed by atoms with Crippen molar-refractivity contribution in [2.24, 2.45) is 5.73 Å². The highest BCUT2D eigenvalue weighted by molar-refractivity contribution is 7.15. The van der Waals surface area contributed by atoms with Gasteiger partial charge in [0.2, 0.25) is 0 Å². The van der Waals surface area contributed by atoms with E-state index in [9.17, 15) is 4.79 Å². The van der Waals surface area contributed by atoms with E-state index < -0.39 is 0 Å². The highest BCUT2D eigenvalue weighted by Crippen LogP contribution is 2.45. The topological polar surface area (TPSA) is 59.2 Å². The Bertz CT molecular complexity index is 781. The van der Waals surface area contributed by atoms with Gasteiger partial charge in [0.05, 0.1) is 9.88 Å². The average Bonchev–Trinajstić information content (AvgIpc) is 3.39. The fourth-order valence-corrected chi connectivity index (χ4v) is 4.84. The third-order valence-electron chi connectivity index (χ3n) is 5.21. The van der Waals surface area contributed by atoms with Crippen LogP contribution in [0.15, 0.2) is 24.3 Å². The third-order valence-corrected chi connectivity index (χ3v) is 6.48. The van der Waals surface area contributed by atoms with E-state index in [0.717, 1.165) is 41.3 Å². The average molecular weight is 356 g/mol. The Morgan fingerprint density at radius 3 is 2.88 bits per heavy atom. The predicted molar refractivity (Wildman–Crippen MR) is 102 cm³/mol. The van der Waals surface area contributed by atoms with Crippen LogP contribution in [0.5, 0.6) is 0 Å². The van der Waals surface area contributed by atoms with Crippen molar-refractivity contribution in [3.8, 4) is 10.4 Å². The van der Waals surface area contributed by atoms with Gasteiger partial charge in [-0.3, -0.25) is 4.79 Å². The molecule has 0 spiro atoms. The summed E-state index contributed by atoms with van der Waals surface area (Å²) in [5.74, 6) is 0.622. The number of amides is 1. The fourth-order valence-electron chi connectivity index (χ4n) is 3.62. The van der Waals surface area contributed by atoms with Gasteiger partial charge >= 0.3 is 0 Å². The molecule has 1 unspecified atom stereocenters. The van der Waals surface area contributed by atoms with Gasteiger partial charge in [-0.05, 0) is 44.6 Å². The highest BCUT2D eigenvalue weighted by Gasteiger charge is 2.34. The van der Waals surface area contributed by atoms with E-state index in [4.69, 9.17) is 10.7 Å². The van der Waals surface area contributed by atoms with E-state index in [-0.39, 0.29) is 11.9 Å². The molecular weight excluding hydrogens is 330 g/mol. The van der Waals surface area contributed by atoms with Crippen LogP contribution in [-0.4, -0.2) is 34.9 Å². The first kappa shape index (κ1) is 16.7. The Morgan fingerprint density at radius 1 is 1.32 bits per heavy atom. The quantitative estimate of drug-likeness (QED) is 0.903. The molecule has 1 aromatic carbocycles. The number of hydrogen-bond acceptors (Lipinski definition) is 4. The van der Waals surface area contributed by atoms with E-state index in [0.29, 0.717) is 18.2 Å². The normalized spacial score (nSPS) is 20.7. The van der Waals surface area contributed by atoms with Gasteiger partial charge < -0.3 is 10.6 Å². The zero-order valence-corrected chi connectivity index (χ0v) is 15.5. The summed E-state index contributed by atoms with van der Waals surface area (Å²) >= 11 is 1.70. The second kappa shape index (κ2) is 6.89. The molecule has 4 nitrogen and oxygen atoms in total. The van der Waals surface area contributed by atoms with E-state index >= 15 is 0 Å². The van der Waals surface area contributed by atoms with Crippen LogP contribution >= 0.6 is 11.3 Å². The third kappa shape index (κ3) is 3.35. The number of likely N-dealkylation sites (tertiary alicyclic amines) is 1. The van der Waals surface area contributed by atoms with Crippen LogP contribution in [0.1, 0.15) is 59.1 Å². The Hall–Kier alpha value is -1.72. The lowest BCUT2D eigenvalue weighted by Crippen LogP contribution is -2.47. The van der Waals surface area contributed by atoms with Gasteiger partial charge in [0, 0.05) is 25.0 Å². The number of carbonyl (C=O) groups excluding carboxylic acids is 1. The van der Waals surface area contributed by atoms with Crippen LogP contribution in [0.3, 0.4) is 0 Å². The number of thiazole rings is 1. The number of benzene rings is 1. The summed E-state index contributed by atoms with van der Waals surface area (Å²) in [6.45, 7) is 3.41. The van der Waals surface area contributed by atoms with Crippen molar-refractivity contribution in [3.05, 3.63) is 40.5 Å². The molecule has 1 aromatic heterocycles. The van der Waals surface area contributed by atoms with Crippen molar-refractivity contribution < 1.29 is 4.79 Å². The highest BCUT2D eigenvalue weighted by atomic mass is 32.1. The van der Waals surface area contributed by atoms with Gasteiger partial charge in [0.15, 0.2) is 0 Å². The largest absolute Gasteiger partial charge is 0.333 e. The van der Waals surface area contributed by atoms with Crippen molar-refractivity contribution >= 4 is 17.2 Å². The zero-order valence-electron chi connectivity index (χ0n) is 14.7. The molecule has 1 atom stereocenters. The molecule has 2 aromatic rings. The Labute approximate surface area is 153 Å². The maximum atomic E-state index is 13.3. The summed E-state index contributed by atoms with van der Waals surface area (Å²) in [6.07, 6.45) is 5.61. The number of nitrogens with two attached hydrogens (primary N) is 1. The van der Waals surface area contributed by atoms with E-state index in [1.165, 1.54) is 18.4 Å². The lowest BCUT2D eigenvalue weighted by molar-refractivity contribution is 0.0618. The number of hydrogen-bond donors (Lipinski definition) is 1. The maximum absolute atomic E-state index is 13.3. The molecule has 25 heavy (non-hydrogen) atoms. The number of aryl methyl sites for hydroxylation is 1. The van der Waals surface area contributed by atoms with Crippen LogP contribution in [0.2, 0.25) is 0 Å². The Balaban J connectivity index is 1.73. The SMILES string of the molecule is Cc1cccc(-c2sc(C3CC3)nc2C(=O)N2CCCCC2CN)c1. The summed E-state index contributed by atoms with van der Waals surface area (Å²) in [7, 11) is 0. The molecule has 1 aliphatic heterocycles. The Kier molecular flexibility index (Phi) is 4.61. The van der Waals surface area contributed by atoms with Crippen LogP contribution in [0.25, 0.3) is 10.4 Å². The molecule has 0 bridgehead atoms. The van der Waals surface area contributed by atoms with Crippen LogP contribution in [0, 0.1) is 6.92 Å². The lowest BCUT2D eigenvalue weighted by atomic mass is 10.0. The number of aromatic nitrogens is 1. The molecule has 1 saturated carbocycles. The minimum absolute atomic E-state index is 0.0646. The monoisotopic (exact) mass is 355 g/mol. The second-order valence-corrected chi connectivity index (χ2v) is 8.29. The van der Waals surface area contributed by atoms with Crippen molar-refractivity contribution in [2.45, 2.75) is 51.0 Å². The van der Waals surface area contributed by atoms with Crippen molar-refractivity contribution in [2.75, 3.05) is 13.1 Å². The van der Waals surface area contributed by atoms with Gasteiger partial charge in [-0.1, -0.05) is 29.8 Å². The molecule has 132 valence electrons. The minimum Gasteiger partial charge on any atom is -0.333 e. The number of nitrogens with zero attached hydrogens (tertiary/aromatic N) is 2. The van der Waals surface area contributed by atoms with E-state index in [2.05, 4.69) is 31.2 Å². The molecule has 1 aliphatic carbocycles. The summed E-state index contributed by atoms with van der Waals surface area (Å²) in [6, 6.07) is 8.53. The summed E-state index contributed by atoms with van der Waals surface area (Å²) in [5.41, 5.74) is 8.88. The molecule has 2 N–H and O–H groups in total. The van der Waals surface area contributed by atoms with Crippen molar-refractivity contribution in [3.63, 3.8) is 0 Å². The molecule has 1 saturated heterocycles. The fraction of sp³-hybridized carbons (Fsp3) is 0.500. The van der Waals surface area contributed by atoms with E-state index in [1.54, 1.807) is 11.3 Å².